The van der Waals surface area contributed by atoms with E-state index in [1.165, 1.54) is 11.3 Å². The molecule has 4 nitrogen and oxygen atoms in total. The maximum atomic E-state index is 12.8. The summed E-state index contributed by atoms with van der Waals surface area (Å²) in [6.45, 7) is 6.63. The van der Waals surface area contributed by atoms with E-state index in [1.807, 2.05) is 13.0 Å². The Hall–Kier alpha value is -0.430. The first kappa shape index (κ1) is 13.5. The van der Waals surface area contributed by atoms with Crippen molar-refractivity contribution < 1.29 is 8.42 Å². The molecule has 0 bridgehead atoms. The monoisotopic (exact) mass is 300 g/mol. The normalized spacial score (nSPS) is 31.8. The number of sulfonamides is 1. The summed E-state index contributed by atoms with van der Waals surface area (Å²) in [4.78, 5) is 1.05. The Balaban J connectivity index is 1.93. The number of rotatable bonds is 3. The molecular weight excluding hydrogens is 280 g/mol. The van der Waals surface area contributed by atoms with Crippen LogP contribution < -0.4 is 5.32 Å². The smallest absolute Gasteiger partial charge is 0.252 e. The highest BCUT2D eigenvalue weighted by molar-refractivity contribution is 7.91. The van der Waals surface area contributed by atoms with E-state index in [1.54, 1.807) is 10.4 Å². The van der Waals surface area contributed by atoms with Crippen LogP contribution in [-0.4, -0.2) is 38.4 Å². The maximum absolute atomic E-state index is 12.8. The Kier molecular flexibility index (Phi) is 3.45. The molecule has 2 aliphatic heterocycles. The van der Waals surface area contributed by atoms with Crippen LogP contribution in [0.3, 0.4) is 0 Å². The molecule has 0 spiro atoms. The molecule has 1 aromatic rings. The fourth-order valence-corrected chi connectivity index (χ4v) is 6.65. The lowest BCUT2D eigenvalue weighted by molar-refractivity contribution is 0.329. The molecule has 0 radical (unpaired) electrons. The fourth-order valence-electron chi connectivity index (χ4n) is 3.43. The zero-order valence-corrected chi connectivity index (χ0v) is 12.9. The third kappa shape index (κ3) is 2.14. The van der Waals surface area contributed by atoms with Crippen LogP contribution in [0, 0.1) is 18.8 Å². The predicted octanol–water partition coefficient (Wildman–Crippen LogP) is 1.68. The second-order valence-electron chi connectivity index (χ2n) is 5.50. The van der Waals surface area contributed by atoms with Gasteiger partial charge in [0.25, 0.3) is 10.0 Å². The molecule has 3 heterocycles. The molecule has 6 heteroatoms. The van der Waals surface area contributed by atoms with Crippen molar-refractivity contribution in [3.8, 4) is 0 Å². The van der Waals surface area contributed by atoms with Crippen LogP contribution in [0.25, 0.3) is 0 Å². The summed E-state index contributed by atoms with van der Waals surface area (Å²) >= 11 is 1.38. The van der Waals surface area contributed by atoms with Gasteiger partial charge in [0.1, 0.15) is 4.21 Å². The van der Waals surface area contributed by atoms with Crippen LogP contribution in [-0.2, 0) is 10.0 Å². The van der Waals surface area contributed by atoms with Gasteiger partial charge in [-0.1, -0.05) is 6.92 Å². The first-order valence-electron chi connectivity index (χ1n) is 6.83. The summed E-state index contributed by atoms with van der Waals surface area (Å²) in [6, 6.07) is 3.79. The Morgan fingerprint density at radius 2 is 2.21 bits per heavy atom. The van der Waals surface area contributed by atoms with Gasteiger partial charge < -0.3 is 5.32 Å². The minimum atomic E-state index is -3.30. The van der Waals surface area contributed by atoms with Gasteiger partial charge in [0.15, 0.2) is 0 Å². The summed E-state index contributed by atoms with van der Waals surface area (Å²) in [5, 5.41) is 3.39. The topological polar surface area (TPSA) is 49.4 Å². The minimum Gasteiger partial charge on any atom is -0.316 e. The molecule has 106 valence electrons. The van der Waals surface area contributed by atoms with E-state index in [0.717, 1.165) is 24.4 Å². The van der Waals surface area contributed by atoms with E-state index >= 15 is 0 Å². The van der Waals surface area contributed by atoms with E-state index in [4.69, 9.17) is 0 Å². The number of aryl methyl sites for hydroxylation is 1. The van der Waals surface area contributed by atoms with Gasteiger partial charge in [-0.05, 0) is 50.4 Å². The van der Waals surface area contributed by atoms with Crippen LogP contribution >= 0.6 is 11.3 Å². The van der Waals surface area contributed by atoms with Gasteiger partial charge in [0, 0.05) is 17.5 Å². The SMILES string of the molecule is CCC1C2CNCC2CN1S(=O)(=O)c1ccc(C)s1. The van der Waals surface area contributed by atoms with Crippen molar-refractivity contribution in [3.63, 3.8) is 0 Å². The van der Waals surface area contributed by atoms with Gasteiger partial charge in [-0.2, -0.15) is 4.31 Å². The number of fused-ring (bicyclic) bond motifs is 1. The molecule has 0 amide bonds. The van der Waals surface area contributed by atoms with Crippen molar-refractivity contribution in [2.24, 2.45) is 11.8 Å². The molecular formula is C13H20N2O2S2. The van der Waals surface area contributed by atoms with E-state index in [9.17, 15) is 8.42 Å². The summed E-state index contributed by atoms with van der Waals surface area (Å²) in [5.74, 6) is 0.974. The summed E-state index contributed by atoms with van der Waals surface area (Å²) < 4.78 is 27.8. The first-order valence-corrected chi connectivity index (χ1v) is 9.08. The highest BCUT2D eigenvalue weighted by Crippen LogP contribution is 2.38. The average Bonchev–Trinajstić information content (AvgIpc) is 3.02. The van der Waals surface area contributed by atoms with Crippen LogP contribution in [0.5, 0.6) is 0 Å². The first-order chi connectivity index (χ1) is 9.04. The number of hydrogen-bond acceptors (Lipinski definition) is 4. The molecule has 2 saturated heterocycles. The minimum absolute atomic E-state index is 0.160. The molecule has 3 unspecified atom stereocenters. The Morgan fingerprint density at radius 3 is 2.84 bits per heavy atom. The van der Waals surface area contributed by atoms with Crippen molar-refractivity contribution >= 4 is 21.4 Å². The van der Waals surface area contributed by atoms with Gasteiger partial charge in [0.2, 0.25) is 0 Å². The van der Waals surface area contributed by atoms with Gasteiger partial charge >= 0.3 is 0 Å². The fraction of sp³-hybridized carbons (Fsp3) is 0.692. The predicted molar refractivity (Wildman–Crippen MR) is 76.9 cm³/mol. The second-order valence-corrected chi connectivity index (χ2v) is 8.90. The molecule has 2 fully saturated rings. The molecule has 0 saturated carbocycles. The van der Waals surface area contributed by atoms with Crippen molar-refractivity contribution in [2.45, 2.75) is 30.5 Å². The van der Waals surface area contributed by atoms with Gasteiger partial charge in [-0.15, -0.1) is 11.3 Å². The Morgan fingerprint density at radius 1 is 1.42 bits per heavy atom. The zero-order chi connectivity index (χ0) is 13.6. The lowest BCUT2D eigenvalue weighted by Gasteiger charge is -2.25. The summed E-state index contributed by atoms with van der Waals surface area (Å²) in [6.07, 6.45) is 0.895. The van der Waals surface area contributed by atoms with E-state index in [-0.39, 0.29) is 6.04 Å². The zero-order valence-electron chi connectivity index (χ0n) is 11.3. The van der Waals surface area contributed by atoms with E-state index < -0.39 is 10.0 Å². The third-order valence-corrected chi connectivity index (χ3v) is 7.73. The van der Waals surface area contributed by atoms with Gasteiger partial charge in [-0.25, -0.2) is 8.42 Å². The molecule has 1 aromatic heterocycles. The number of thiophene rings is 1. The number of nitrogens with zero attached hydrogens (tertiary/aromatic N) is 1. The third-order valence-electron chi connectivity index (χ3n) is 4.37. The quantitative estimate of drug-likeness (QED) is 0.924. The van der Waals surface area contributed by atoms with Crippen LogP contribution in [0.4, 0.5) is 0 Å². The molecule has 2 aliphatic rings. The van der Waals surface area contributed by atoms with E-state index in [2.05, 4.69) is 12.2 Å². The lowest BCUT2D eigenvalue weighted by atomic mass is 9.93. The van der Waals surface area contributed by atoms with Crippen molar-refractivity contribution in [1.82, 2.24) is 9.62 Å². The van der Waals surface area contributed by atoms with Crippen molar-refractivity contribution in [2.75, 3.05) is 19.6 Å². The van der Waals surface area contributed by atoms with Crippen LogP contribution in [0.2, 0.25) is 0 Å². The highest BCUT2D eigenvalue weighted by atomic mass is 32.2. The van der Waals surface area contributed by atoms with Gasteiger partial charge in [0.05, 0.1) is 0 Å². The summed E-state index contributed by atoms with van der Waals surface area (Å²) in [7, 11) is -3.30. The van der Waals surface area contributed by atoms with Crippen molar-refractivity contribution in [1.29, 1.82) is 0 Å². The second kappa shape index (κ2) is 4.84. The molecule has 19 heavy (non-hydrogen) atoms. The van der Waals surface area contributed by atoms with Crippen molar-refractivity contribution in [3.05, 3.63) is 17.0 Å². The molecule has 3 rings (SSSR count). The molecule has 0 aromatic carbocycles. The van der Waals surface area contributed by atoms with Crippen LogP contribution in [0.1, 0.15) is 18.2 Å². The Labute approximate surface area is 118 Å². The molecule has 0 aliphatic carbocycles. The van der Waals surface area contributed by atoms with Crippen LogP contribution in [0.15, 0.2) is 16.3 Å². The maximum Gasteiger partial charge on any atom is 0.252 e. The summed E-state index contributed by atoms with van der Waals surface area (Å²) in [5.41, 5.74) is 0. The largest absolute Gasteiger partial charge is 0.316 e. The number of nitrogens with one attached hydrogen (secondary N) is 1. The number of hydrogen-bond donors (Lipinski definition) is 1. The lowest BCUT2D eigenvalue weighted by Crippen LogP contribution is -2.39. The Bertz CT molecular complexity index is 567. The average molecular weight is 300 g/mol. The highest BCUT2D eigenvalue weighted by Gasteiger charge is 2.48. The molecule has 1 N–H and O–H groups in total. The van der Waals surface area contributed by atoms with Gasteiger partial charge in [-0.3, -0.25) is 0 Å². The molecule has 3 atom stereocenters. The standard InChI is InChI=1S/C13H20N2O2S2/c1-3-12-11-7-14-6-10(11)8-15(12)19(16,17)13-5-4-9(2)18-13/h4-5,10-12,14H,3,6-8H2,1-2H3. The van der Waals surface area contributed by atoms with E-state index in [0.29, 0.717) is 22.6 Å².